The van der Waals surface area contributed by atoms with Crippen LogP contribution in [-0.4, -0.2) is 47.2 Å². The van der Waals surface area contributed by atoms with E-state index >= 15 is 0 Å². The first-order valence-electron chi connectivity index (χ1n) is 6.82. The number of carbonyl (C=O) groups excluding carboxylic acids is 4. The zero-order valence-electron chi connectivity index (χ0n) is 11.6. The highest BCUT2D eigenvalue weighted by molar-refractivity contribution is 6.02. The first-order chi connectivity index (χ1) is 9.38. The first kappa shape index (κ1) is 14.5. The monoisotopic (exact) mass is 281 g/mol. The van der Waals surface area contributed by atoms with Crippen LogP contribution in [0.4, 0.5) is 0 Å². The van der Waals surface area contributed by atoms with Crippen LogP contribution in [0.3, 0.4) is 0 Å². The number of hydrogen-bond donors (Lipinski definition) is 2. The number of imide groups is 1. The maximum atomic E-state index is 12.1. The molecule has 0 radical (unpaired) electrons. The van der Waals surface area contributed by atoms with Crippen LogP contribution in [0.1, 0.15) is 33.1 Å². The lowest BCUT2D eigenvalue weighted by atomic mass is 10.0. The molecule has 2 rings (SSSR count). The number of likely N-dealkylation sites (tertiary alicyclic amines) is 1. The molecule has 0 aromatic heterocycles. The lowest BCUT2D eigenvalue weighted by molar-refractivity contribution is -0.138. The van der Waals surface area contributed by atoms with Gasteiger partial charge in [0, 0.05) is 25.4 Å². The van der Waals surface area contributed by atoms with Gasteiger partial charge in [0.1, 0.15) is 6.04 Å². The van der Waals surface area contributed by atoms with Gasteiger partial charge in [-0.25, -0.2) is 0 Å². The van der Waals surface area contributed by atoms with Crippen molar-refractivity contribution >= 4 is 23.6 Å². The van der Waals surface area contributed by atoms with Crippen molar-refractivity contribution in [3.8, 4) is 0 Å². The molecule has 2 heterocycles. The molecule has 4 amide bonds. The van der Waals surface area contributed by atoms with E-state index in [9.17, 15) is 19.2 Å². The highest BCUT2D eigenvalue weighted by Crippen LogP contribution is 2.20. The quantitative estimate of drug-likeness (QED) is 0.660. The van der Waals surface area contributed by atoms with Crippen molar-refractivity contribution in [2.45, 2.75) is 45.2 Å². The first-order valence-corrected chi connectivity index (χ1v) is 6.82. The molecule has 0 saturated carbocycles. The van der Waals surface area contributed by atoms with Crippen molar-refractivity contribution in [3.05, 3.63) is 0 Å². The van der Waals surface area contributed by atoms with E-state index in [4.69, 9.17) is 0 Å². The van der Waals surface area contributed by atoms with Gasteiger partial charge in [0.2, 0.25) is 23.6 Å². The molecule has 7 heteroatoms. The lowest BCUT2D eigenvalue weighted by Crippen LogP contribution is -2.53. The molecule has 2 unspecified atom stereocenters. The summed E-state index contributed by atoms with van der Waals surface area (Å²) in [6.07, 6.45) is 0.709. The Morgan fingerprint density at radius 1 is 1.35 bits per heavy atom. The van der Waals surface area contributed by atoms with Gasteiger partial charge in [0.05, 0.1) is 5.92 Å². The summed E-state index contributed by atoms with van der Waals surface area (Å²) in [6.45, 7) is 4.19. The third-order valence-corrected chi connectivity index (χ3v) is 3.71. The summed E-state index contributed by atoms with van der Waals surface area (Å²) in [5.41, 5.74) is 0. The Morgan fingerprint density at radius 3 is 2.60 bits per heavy atom. The predicted octanol–water partition coefficient (Wildman–Crippen LogP) is -0.835. The van der Waals surface area contributed by atoms with Crippen LogP contribution in [0.2, 0.25) is 0 Å². The number of nitrogens with zero attached hydrogens (tertiary/aromatic N) is 1. The fourth-order valence-corrected chi connectivity index (χ4v) is 2.53. The molecule has 0 aliphatic carbocycles. The highest BCUT2D eigenvalue weighted by atomic mass is 16.2. The van der Waals surface area contributed by atoms with Crippen LogP contribution in [-0.2, 0) is 19.2 Å². The van der Waals surface area contributed by atoms with E-state index < -0.39 is 17.9 Å². The Labute approximate surface area is 117 Å². The second-order valence-electron chi connectivity index (χ2n) is 5.55. The van der Waals surface area contributed by atoms with E-state index in [1.807, 2.05) is 13.8 Å². The zero-order chi connectivity index (χ0) is 14.9. The number of rotatable bonds is 3. The minimum atomic E-state index is -0.677. The molecule has 0 aromatic rings. The Balaban J connectivity index is 1.91. The van der Waals surface area contributed by atoms with Crippen molar-refractivity contribution in [2.24, 2.45) is 5.92 Å². The van der Waals surface area contributed by atoms with Gasteiger partial charge in [-0.1, -0.05) is 0 Å². The van der Waals surface area contributed by atoms with Crippen molar-refractivity contribution in [1.82, 2.24) is 15.5 Å². The van der Waals surface area contributed by atoms with E-state index in [0.29, 0.717) is 13.0 Å². The minimum absolute atomic E-state index is 0.0385. The normalized spacial score (nSPS) is 26.9. The summed E-state index contributed by atoms with van der Waals surface area (Å²) < 4.78 is 0. The van der Waals surface area contributed by atoms with Crippen LogP contribution in [0.15, 0.2) is 0 Å². The fourth-order valence-electron chi connectivity index (χ4n) is 2.53. The SMILES string of the molecule is CC(C)N1CC(C(=O)NC2CCC(=O)NC2=O)CC1=O. The molecular formula is C13H19N3O4. The summed E-state index contributed by atoms with van der Waals surface area (Å²) in [5.74, 6) is -1.54. The van der Waals surface area contributed by atoms with E-state index in [-0.39, 0.29) is 36.6 Å². The topological polar surface area (TPSA) is 95.6 Å². The summed E-state index contributed by atoms with van der Waals surface area (Å²) in [6, 6.07) is -0.612. The molecule has 2 aliphatic rings. The van der Waals surface area contributed by atoms with E-state index in [1.165, 1.54) is 0 Å². The van der Waals surface area contributed by atoms with Crippen LogP contribution in [0.25, 0.3) is 0 Å². The van der Waals surface area contributed by atoms with E-state index in [2.05, 4.69) is 10.6 Å². The minimum Gasteiger partial charge on any atom is -0.344 e. The molecular weight excluding hydrogens is 262 g/mol. The van der Waals surface area contributed by atoms with Crippen LogP contribution in [0, 0.1) is 5.92 Å². The van der Waals surface area contributed by atoms with Gasteiger partial charge in [-0.2, -0.15) is 0 Å². The van der Waals surface area contributed by atoms with Gasteiger partial charge in [-0.3, -0.25) is 24.5 Å². The molecule has 20 heavy (non-hydrogen) atoms. The Morgan fingerprint density at radius 2 is 2.05 bits per heavy atom. The molecule has 0 spiro atoms. The molecule has 2 N–H and O–H groups in total. The second-order valence-corrected chi connectivity index (χ2v) is 5.55. The van der Waals surface area contributed by atoms with E-state index in [0.717, 1.165) is 0 Å². The Hall–Kier alpha value is -1.92. The average Bonchev–Trinajstić information content (AvgIpc) is 2.75. The highest BCUT2D eigenvalue weighted by Gasteiger charge is 2.37. The Kier molecular flexibility index (Phi) is 4.06. The van der Waals surface area contributed by atoms with Gasteiger partial charge in [0.25, 0.3) is 0 Å². The standard InChI is InChI=1S/C13H19N3O4/c1-7(2)16-6-8(5-11(16)18)12(19)14-9-3-4-10(17)15-13(9)20/h7-9H,3-6H2,1-2H3,(H,14,19)(H,15,17,20). The van der Waals surface area contributed by atoms with Gasteiger partial charge < -0.3 is 10.2 Å². The smallest absolute Gasteiger partial charge is 0.249 e. The summed E-state index contributed by atoms with van der Waals surface area (Å²) in [5, 5.41) is 4.82. The summed E-state index contributed by atoms with van der Waals surface area (Å²) in [7, 11) is 0. The number of carbonyl (C=O) groups is 4. The maximum absolute atomic E-state index is 12.1. The maximum Gasteiger partial charge on any atom is 0.249 e. The van der Waals surface area contributed by atoms with Crippen molar-refractivity contribution in [1.29, 1.82) is 0 Å². The molecule has 2 saturated heterocycles. The molecule has 0 bridgehead atoms. The fraction of sp³-hybridized carbons (Fsp3) is 0.692. The largest absolute Gasteiger partial charge is 0.344 e. The third kappa shape index (κ3) is 2.97. The summed E-state index contributed by atoms with van der Waals surface area (Å²) >= 11 is 0. The van der Waals surface area contributed by atoms with Gasteiger partial charge in [-0.15, -0.1) is 0 Å². The summed E-state index contributed by atoms with van der Waals surface area (Å²) in [4.78, 5) is 48.1. The third-order valence-electron chi connectivity index (χ3n) is 3.71. The van der Waals surface area contributed by atoms with E-state index in [1.54, 1.807) is 4.90 Å². The van der Waals surface area contributed by atoms with Crippen LogP contribution >= 0.6 is 0 Å². The van der Waals surface area contributed by atoms with Gasteiger partial charge in [0.15, 0.2) is 0 Å². The van der Waals surface area contributed by atoms with Crippen LogP contribution < -0.4 is 10.6 Å². The number of piperidine rings is 1. The molecule has 2 atom stereocenters. The average molecular weight is 281 g/mol. The van der Waals surface area contributed by atoms with Gasteiger partial charge in [-0.05, 0) is 20.3 Å². The van der Waals surface area contributed by atoms with Crippen molar-refractivity contribution in [2.75, 3.05) is 6.54 Å². The lowest BCUT2D eigenvalue weighted by Gasteiger charge is -2.24. The molecule has 0 aromatic carbocycles. The second kappa shape index (κ2) is 5.60. The van der Waals surface area contributed by atoms with Crippen molar-refractivity contribution in [3.63, 3.8) is 0 Å². The molecule has 7 nitrogen and oxygen atoms in total. The molecule has 2 fully saturated rings. The number of amides is 4. The predicted molar refractivity (Wildman–Crippen MR) is 69.3 cm³/mol. The zero-order valence-corrected chi connectivity index (χ0v) is 11.6. The number of nitrogens with one attached hydrogen (secondary N) is 2. The molecule has 110 valence electrons. The van der Waals surface area contributed by atoms with Gasteiger partial charge >= 0.3 is 0 Å². The van der Waals surface area contributed by atoms with Crippen molar-refractivity contribution < 1.29 is 19.2 Å². The Bertz CT molecular complexity index is 461. The number of hydrogen-bond acceptors (Lipinski definition) is 4. The molecule has 2 aliphatic heterocycles. The van der Waals surface area contributed by atoms with Crippen LogP contribution in [0.5, 0.6) is 0 Å².